The molecule has 0 saturated heterocycles. The van der Waals surface area contributed by atoms with Crippen molar-refractivity contribution in [3.63, 3.8) is 0 Å². The summed E-state index contributed by atoms with van der Waals surface area (Å²) >= 11 is 0. The maximum atomic E-state index is 12.9. The van der Waals surface area contributed by atoms with Crippen molar-refractivity contribution in [1.82, 2.24) is 0 Å². The minimum atomic E-state index is -4.40. The van der Waals surface area contributed by atoms with Gasteiger partial charge in [0.1, 0.15) is 19.8 Å². The zero-order valence-electron chi connectivity index (χ0n) is 63.0. The van der Waals surface area contributed by atoms with Gasteiger partial charge in [0.2, 0.25) is 0 Å². The summed E-state index contributed by atoms with van der Waals surface area (Å²) in [5, 5.41) is 0. The summed E-state index contributed by atoms with van der Waals surface area (Å²) in [6.07, 6.45) is 102. The Bertz CT molecular complexity index is 1820. The number of phosphoric acid groups is 1. The van der Waals surface area contributed by atoms with Gasteiger partial charge in [-0.1, -0.05) is 395 Å². The number of carbonyl (C=O) groups excluding carboxylic acids is 2. The van der Waals surface area contributed by atoms with E-state index in [1.54, 1.807) is 0 Å². The van der Waals surface area contributed by atoms with Gasteiger partial charge in [0.05, 0.1) is 27.7 Å². The van der Waals surface area contributed by atoms with Gasteiger partial charge in [0, 0.05) is 12.8 Å². The summed E-state index contributed by atoms with van der Waals surface area (Å²) in [6.45, 7) is 4.39. The summed E-state index contributed by atoms with van der Waals surface area (Å²) in [6, 6.07) is 0. The number of carbonyl (C=O) groups is 2. The number of likely N-dealkylation sites (N-methyl/N-ethyl adjacent to an activating group) is 1. The summed E-state index contributed by atoms with van der Waals surface area (Å²) in [4.78, 5) is 36.0. The van der Waals surface area contributed by atoms with Crippen LogP contribution in [-0.4, -0.2) is 74.9 Å². The van der Waals surface area contributed by atoms with Crippen molar-refractivity contribution in [2.24, 2.45) is 0 Å². The van der Waals surface area contributed by atoms with Crippen molar-refractivity contribution in [2.75, 3.05) is 47.5 Å². The van der Waals surface area contributed by atoms with E-state index in [1.807, 2.05) is 21.1 Å². The first-order valence-electron chi connectivity index (χ1n) is 40.7. The molecular weight excluding hydrogens is 1180 g/mol. The number of hydrogen-bond acceptors (Lipinski definition) is 7. The van der Waals surface area contributed by atoms with E-state index < -0.39 is 26.5 Å². The van der Waals surface area contributed by atoms with E-state index in [4.69, 9.17) is 18.5 Å². The highest BCUT2D eigenvalue weighted by Crippen LogP contribution is 2.43. The summed E-state index contributed by atoms with van der Waals surface area (Å²) in [5.74, 6) is -0.777. The van der Waals surface area contributed by atoms with Crippen molar-refractivity contribution in [3.8, 4) is 0 Å². The molecule has 0 heterocycles. The lowest BCUT2D eigenvalue weighted by Crippen LogP contribution is -2.37. The number of rotatable bonds is 76. The quantitative estimate of drug-likeness (QED) is 0.0211. The van der Waals surface area contributed by atoms with Gasteiger partial charge in [-0.05, 0) is 64.2 Å². The van der Waals surface area contributed by atoms with E-state index in [-0.39, 0.29) is 25.6 Å². The molecule has 2 unspecified atom stereocenters. The minimum Gasteiger partial charge on any atom is -0.462 e. The first kappa shape index (κ1) is 91.4. The number of phosphoric ester groups is 1. The molecule has 0 spiro atoms. The normalized spacial score (nSPS) is 13.4. The first-order valence-corrected chi connectivity index (χ1v) is 42.2. The Hall–Kier alpha value is -2.55. The topological polar surface area (TPSA) is 108 Å². The molecule has 10 heteroatoms. The fourth-order valence-electron chi connectivity index (χ4n) is 12.1. The maximum Gasteiger partial charge on any atom is 0.472 e. The van der Waals surface area contributed by atoms with Crippen molar-refractivity contribution in [2.45, 2.75) is 405 Å². The largest absolute Gasteiger partial charge is 0.472 e. The van der Waals surface area contributed by atoms with Crippen LogP contribution in [0.2, 0.25) is 0 Å². The standard InChI is InChI=1S/C84H156NO8P/c1-6-8-10-12-14-16-18-20-22-24-26-28-30-32-34-36-38-40-42-44-46-48-50-52-54-56-58-60-62-64-66-68-70-72-74-76-83(86)90-80-82(81-92-94(88,89)91-79-78-85(3,4)5)93-84(87)77-75-73-71-69-67-65-63-61-59-57-55-53-51-49-47-45-43-41-39-37-35-33-31-29-27-25-23-21-19-17-15-13-11-9-7-2/h9,11,15,17,21,23,27,29,33,35,39,41,82H,6-8,10,12-14,16,18-20,22,24-26,28,30-32,34,36-38,40,42-81H2,1-5H3/p+1/b11-9-,17-15-,23-21-,29-27-,35-33-,41-39-. The smallest absolute Gasteiger partial charge is 0.462 e. The SMILES string of the molecule is CC/C=C\C/C=C\C/C=C\C/C=C\C/C=C\C/C=C\CCCCCCCCCCCCCCCCCCC(=O)OC(COC(=O)CCCCCCCCCCCCCCCCCCCCCCCCCCCCCCCCCCCCC)COP(=O)(O)OCC[N+](C)(C)C. The second-order valence-electron chi connectivity index (χ2n) is 28.8. The molecule has 0 rings (SSSR count). The number of esters is 2. The second kappa shape index (κ2) is 74.7. The zero-order chi connectivity index (χ0) is 68.3. The molecule has 0 aliphatic rings. The Labute approximate surface area is 584 Å². The number of quaternary nitrogens is 1. The van der Waals surface area contributed by atoms with E-state index in [0.717, 1.165) is 70.6 Å². The molecule has 550 valence electrons. The third-order valence-corrected chi connectivity index (χ3v) is 19.2. The molecule has 2 atom stereocenters. The molecular formula is C84H157NO8P+. The third kappa shape index (κ3) is 78.4. The van der Waals surface area contributed by atoms with Crippen LogP contribution in [-0.2, 0) is 32.7 Å². The molecule has 0 fully saturated rings. The predicted molar refractivity (Wildman–Crippen MR) is 409 cm³/mol. The van der Waals surface area contributed by atoms with Crippen LogP contribution in [0.15, 0.2) is 72.9 Å². The Morgan fingerprint density at radius 3 is 0.904 bits per heavy atom. The van der Waals surface area contributed by atoms with Crippen molar-refractivity contribution in [1.29, 1.82) is 0 Å². The lowest BCUT2D eigenvalue weighted by molar-refractivity contribution is -0.870. The van der Waals surface area contributed by atoms with Crippen LogP contribution in [0.25, 0.3) is 0 Å². The Morgan fingerprint density at radius 1 is 0.340 bits per heavy atom. The Balaban J connectivity index is 3.92. The molecule has 94 heavy (non-hydrogen) atoms. The highest BCUT2D eigenvalue weighted by molar-refractivity contribution is 7.47. The lowest BCUT2D eigenvalue weighted by atomic mass is 10.0. The van der Waals surface area contributed by atoms with Crippen LogP contribution in [0, 0.1) is 0 Å². The van der Waals surface area contributed by atoms with Gasteiger partial charge in [-0.15, -0.1) is 0 Å². The Morgan fingerprint density at radius 2 is 0.606 bits per heavy atom. The van der Waals surface area contributed by atoms with E-state index in [1.165, 1.54) is 295 Å². The van der Waals surface area contributed by atoms with Crippen LogP contribution in [0.5, 0.6) is 0 Å². The highest BCUT2D eigenvalue weighted by Gasteiger charge is 2.27. The van der Waals surface area contributed by atoms with Gasteiger partial charge in [0.15, 0.2) is 6.10 Å². The molecule has 0 radical (unpaired) electrons. The van der Waals surface area contributed by atoms with Gasteiger partial charge in [-0.2, -0.15) is 0 Å². The molecule has 0 aromatic carbocycles. The molecule has 9 nitrogen and oxygen atoms in total. The first-order chi connectivity index (χ1) is 46.0. The fourth-order valence-corrected chi connectivity index (χ4v) is 12.8. The van der Waals surface area contributed by atoms with Crippen molar-refractivity contribution < 1.29 is 42.1 Å². The van der Waals surface area contributed by atoms with Gasteiger partial charge in [-0.3, -0.25) is 18.6 Å². The van der Waals surface area contributed by atoms with E-state index in [2.05, 4.69) is 86.8 Å². The van der Waals surface area contributed by atoms with Gasteiger partial charge in [0.25, 0.3) is 0 Å². The molecule has 0 aliphatic carbocycles. The molecule has 0 saturated carbocycles. The molecule has 0 aromatic heterocycles. The molecule has 0 amide bonds. The molecule has 0 bridgehead atoms. The van der Waals surface area contributed by atoms with Crippen LogP contribution in [0.1, 0.15) is 399 Å². The second-order valence-corrected chi connectivity index (χ2v) is 30.2. The van der Waals surface area contributed by atoms with Gasteiger partial charge >= 0.3 is 19.8 Å². The number of hydrogen-bond donors (Lipinski definition) is 1. The van der Waals surface area contributed by atoms with Crippen LogP contribution in [0.3, 0.4) is 0 Å². The zero-order valence-corrected chi connectivity index (χ0v) is 63.9. The van der Waals surface area contributed by atoms with E-state index in [9.17, 15) is 19.0 Å². The van der Waals surface area contributed by atoms with Gasteiger partial charge in [-0.25, -0.2) is 4.57 Å². The number of ether oxygens (including phenoxy) is 2. The van der Waals surface area contributed by atoms with Crippen LogP contribution >= 0.6 is 7.82 Å². The summed E-state index contributed by atoms with van der Waals surface area (Å²) < 4.78 is 34.8. The lowest BCUT2D eigenvalue weighted by Gasteiger charge is -2.24. The third-order valence-electron chi connectivity index (χ3n) is 18.3. The average molecular weight is 1340 g/mol. The van der Waals surface area contributed by atoms with Crippen LogP contribution < -0.4 is 0 Å². The Kier molecular flexibility index (Phi) is 72.6. The average Bonchev–Trinajstić information content (AvgIpc) is 1.68. The summed E-state index contributed by atoms with van der Waals surface area (Å²) in [7, 11) is 1.49. The van der Waals surface area contributed by atoms with Gasteiger partial charge < -0.3 is 18.9 Å². The van der Waals surface area contributed by atoms with E-state index >= 15 is 0 Å². The summed E-state index contributed by atoms with van der Waals surface area (Å²) in [5.41, 5.74) is 0. The van der Waals surface area contributed by atoms with Crippen LogP contribution in [0.4, 0.5) is 0 Å². The van der Waals surface area contributed by atoms with E-state index in [0.29, 0.717) is 23.9 Å². The number of unbranched alkanes of at least 4 members (excludes halogenated alkanes) is 50. The highest BCUT2D eigenvalue weighted by atomic mass is 31.2. The van der Waals surface area contributed by atoms with Crippen molar-refractivity contribution >= 4 is 19.8 Å². The molecule has 0 aromatic rings. The maximum absolute atomic E-state index is 12.9. The minimum absolute atomic E-state index is 0.0327. The monoisotopic (exact) mass is 1340 g/mol. The predicted octanol–water partition coefficient (Wildman–Crippen LogP) is 27.1. The number of allylic oxidation sites excluding steroid dienone is 12. The molecule has 1 N–H and O–H groups in total. The van der Waals surface area contributed by atoms with Crippen molar-refractivity contribution in [3.05, 3.63) is 72.9 Å². The number of nitrogens with zero attached hydrogens (tertiary/aromatic N) is 1. The fraction of sp³-hybridized carbons (Fsp3) is 0.833. The molecule has 0 aliphatic heterocycles.